The van der Waals surface area contributed by atoms with Gasteiger partial charge in [-0.05, 0) is 42.8 Å². The second-order valence-corrected chi connectivity index (χ2v) is 6.42. The Hall–Kier alpha value is -3.74. The van der Waals surface area contributed by atoms with Gasteiger partial charge in [-0.3, -0.25) is 4.98 Å². The van der Waals surface area contributed by atoms with Crippen molar-refractivity contribution in [3.63, 3.8) is 0 Å². The third-order valence-corrected chi connectivity index (χ3v) is 4.46. The molecule has 7 nitrogen and oxygen atoms in total. The van der Waals surface area contributed by atoms with Gasteiger partial charge in [-0.15, -0.1) is 10.2 Å². The third kappa shape index (κ3) is 2.89. The van der Waals surface area contributed by atoms with Crippen molar-refractivity contribution < 1.29 is 0 Å². The molecule has 4 heterocycles. The highest BCUT2D eigenvalue weighted by molar-refractivity contribution is 5.83. The molecule has 0 atom stereocenters. The van der Waals surface area contributed by atoms with E-state index < -0.39 is 0 Å². The van der Waals surface area contributed by atoms with E-state index in [9.17, 15) is 0 Å². The molecule has 0 aliphatic carbocycles. The molecule has 4 aromatic heterocycles. The summed E-state index contributed by atoms with van der Waals surface area (Å²) < 4.78 is 1.80. The smallest absolute Gasteiger partial charge is 0.177 e. The summed E-state index contributed by atoms with van der Waals surface area (Å²) in [6.07, 6.45) is 7.59. The Balaban J connectivity index is 1.54. The largest absolute Gasteiger partial charge is 0.256 e. The maximum atomic E-state index is 4.56. The number of aryl methyl sites for hydroxylation is 1. The molecular weight excluding hydrogens is 338 g/mol. The number of rotatable bonds is 3. The van der Waals surface area contributed by atoms with Gasteiger partial charge in [0.25, 0.3) is 0 Å². The van der Waals surface area contributed by atoms with Crippen LogP contribution in [0.4, 0.5) is 0 Å². The summed E-state index contributed by atoms with van der Waals surface area (Å²) in [6, 6.07) is 12.2. The number of benzene rings is 1. The molecule has 0 saturated carbocycles. The van der Waals surface area contributed by atoms with E-state index in [4.69, 9.17) is 0 Å². The van der Waals surface area contributed by atoms with Gasteiger partial charge in [-0.2, -0.15) is 9.61 Å². The second-order valence-electron chi connectivity index (χ2n) is 6.42. The third-order valence-electron chi connectivity index (χ3n) is 4.46. The van der Waals surface area contributed by atoms with Crippen molar-refractivity contribution in [3.8, 4) is 11.1 Å². The number of aromatic nitrogens is 7. The van der Waals surface area contributed by atoms with Crippen molar-refractivity contribution in [2.24, 2.45) is 0 Å². The molecule has 0 amide bonds. The van der Waals surface area contributed by atoms with Crippen molar-refractivity contribution in [2.75, 3.05) is 0 Å². The maximum Gasteiger partial charge on any atom is 0.177 e. The zero-order valence-corrected chi connectivity index (χ0v) is 14.6. The average molecular weight is 353 g/mol. The molecule has 27 heavy (non-hydrogen) atoms. The highest BCUT2D eigenvalue weighted by Gasteiger charge is 2.09. The standard InChI is InChI=1S/C20H15N7/c1-13-2-5-19-24-25-20(27(19)26-13)7-14-3-4-18-15(6-14)8-16(11-23-18)17-9-21-12-22-10-17/h2-6,8-12H,7H2,1H3. The van der Waals surface area contributed by atoms with Crippen LogP contribution in [0, 0.1) is 6.92 Å². The molecule has 5 rings (SSSR count). The van der Waals surface area contributed by atoms with Gasteiger partial charge in [-0.1, -0.05) is 6.07 Å². The van der Waals surface area contributed by atoms with Crippen LogP contribution in [-0.4, -0.2) is 34.8 Å². The van der Waals surface area contributed by atoms with Crippen molar-refractivity contribution in [2.45, 2.75) is 13.3 Å². The van der Waals surface area contributed by atoms with Gasteiger partial charge in [0.15, 0.2) is 11.5 Å². The zero-order valence-electron chi connectivity index (χ0n) is 14.6. The van der Waals surface area contributed by atoms with E-state index in [0.29, 0.717) is 6.42 Å². The topological polar surface area (TPSA) is 81.8 Å². The Kier molecular flexibility index (Phi) is 3.57. The summed E-state index contributed by atoms with van der Waals surface area (Å²) in [7, 11) is 0. The Morgan fingerprint density at radius 3 is 2.67 bits per heavy atom. The summed E-state index contributed by atoms with van der Waals surface area (Å²) in [4.78, 5) is 12.7. The lowest BCUT2D eigenvalue weighted by Gasteiger charge is -2.05. The minimum atomic E-state index is 0.645. The van der Waals surface area contributed by atoms with Gasteiger partial charge < -0.3 is 0 Å². The molecule has 7 heteroatoms. The fourth-order valence-corrected chi connectivity index (χ4v) is 3.11. The van der Waals surface area contributed by atoms with Crippen LogP contribution in [0.15, 0.2) is 61.3 Å². The molecule has 5 aromatic rings. The van der Waals surface area contributed by atoms with E-state index >= 15 is 0 Å². The number of fused-ring (bicyclic) bond motifs is 2. The van der Waals surface area contributed by atoms with Crippen LogP contribution in [0.1, 0.15) is 17.1 Å². The minimum absolute atomic E-state index is 0.645. The molecule has 0 bridgehead atoms. The molecule has 0 saturated heterocycles. The SMILES string of the molecule is Cc1ccc2nnc(Cc3ccc4ncc(-c5cncnc5)cc4c3)n2n1. The molecule has 1 aromatic carbocycles. The lowest BCUT2D eigenvalue weighted by Crippen LogP contribution is -2.01. The second kappa shape index (κ2) is 6.21. The molecule has 0 N–H and O–H groups in total. The number of pyridine rings is 1. The lowest BCUT2D eigenvalue weighted by atomic mass is 10.0. The summed E-state index contributed by atoms with van der Waals surface area (Å²) in [6.45, 7) is 1.96. The van der Waals surface area contributed by atoms with Crippen molar-refractivity contribution in [1.82, 2.24) is 34.8 Å². The Morgan fingerprint density at radius 2 is 1.78 bits per heavy atom. The Bertz CT molecular complexity index is 1260. The van der Waals surface area contributed by atoms with Gasteiger partial charge in [0, 0.05) is 41.5 Å². The zero-order chi connectivity index (χ0) is 18.2. The van der Waals surface area contributed by atoms with Crippen LogP contribution in [0.3, 0.4) is 0 Å². The van der Waals surface area contributed by atoms with Crippen LogP contribution < -0.4 is 0 Å². The first-order valence-electron chi connectivity index (χ1n) is 8.58. The first-order chi connectivity index (χ1) is 13.3. The van der Waals surface area contributed by atoms with Gasteiger partial charge in [0.05, 0.1) is 11.2 Å². The van der Waals surface area contributed by atoms with Gasteiger partial charge >= 0.3 is 0 Å². The first-order valence-corrected chi connectivity index (χ1v) is 8.58. The molecule has 0 aliphatic rings. The minimum Gasteiger partial charge on any atom is -0.256 e. The molecule has 130 valence electrons. The van der Waals surface area contributed by atoms with Crippen molar-refractivity contribution in [1.29, 1.82) is 0 Å². The normalized spacial score (nSPS) is 11.3. The van der Waals surface area contributed by atoms with E-state index in [1.807, 2.05) is 31.3 Å². The fraction of sp³-hybridized carbons (Fsp3) is 0.100. The summed E-state index contributed by atoms with van der Waals surface area (Å²) in [5.74, 6) is 0.814. The van der Waals surface area contributed by atoms with Crippen LogP contribution in [0.5, 0.6) is 0 Å². The molecule has 0 fully saturated rings. The van der Waals surface area contributed by atoms with E-state index in [0.717, 1.165) is 44.8 Å². The maximum absolute atomic E-state index is 4.56. The van der Waals surface area contributed by atoms with E-state index in [-0.39, 0.29) is 0 Å². The Morgan fingerprint density at radius 1 is 0.889 bits per heavy atom. The van der Waals surface area contributed by atoms with Crippen LogP contribution in [-0.2, 0) is 6.42 Å². The molecule has 0 unspecified atom stereocenters. The van der Waals surface area contributed by atoms with Crippen molar-refractivity contribution in [3.05, 3.63) is 78.4 Å². The predicted molar refractivity (Wildman–Crippen MR) is 101 cm³/mol. The van der Waals surface area contributed by atoms with Crippen LogP contribution >= 0.6 is 0 Å². The van der Waals surface area contributed by atoms with Gasteiger partial charge in [0.1, 0.15) is 6.33 Å². The monoisotopic (exact) mass is 353 g/mol. The molecule has 0 spiro atoms. The summed E-state index contributed by atoms with van der Waals surface area (Å²) >= 11 is 0. The van der Waals surface area contributed by atoms with Gasteiger partial charge in [-0.25, -0.2) is 9.97 Å². The lowest BCUT2D eigenvalue weighted by molar-refractivity contribution is 0.821. The van der Waals surface area contributed by atoms with E-state index in [1.165, 1.54) is 6.33 Å². The number of hydrogen-bond acceptors (Lipinski definition) is 6. The van der Waals surface area contributed by atoms with Crippen LogP contribution in [0.25, 0.3) is 27.7 Å². The van der Waals surface area contributed by atoms with E-state index in [1.54, 1.807) is 16.9 Å². The highest BCUT2D eigenvalue weighted by Crippen LogP contribution is 2.23. The molecule has 0 aliphatic heterocycles. The number of hydrogen-bond donors (Lipinski definition) is 0. The van der Waals surface area contributed by atoms with Crippen molar-refractivity contribution >= 4 is 16.6 Å². The Labute approximate surface area is 154 Å². The molecule has 0 radical (unpaired) electrons. The summed E-state index contributed by atoms with van der Waals surface area (Å²) in [5, 5.41) is 14.1. The van der Waals surface area contributed by atoms with Crippen LogP contribution in [0.2, 0.25) is 0 Å². The summed E-state index contributed by atoms with van der Waals surface area (Å²) in [5.41, 5.74) is 5.69. The number of nitrogens with zero attached hydrogens (tertiary/aromatic N) is 7. The fourth-order valence-electron chi connectivity index (χ4n) is 3.11. The van der Waals surface area contributed by atoms with E-state index in [2.05, 4.69) is 48.4 Å². The average Bonchev–Trinajstić information content (AvgIpc) is 3.10. The van der Waals surface area contributed by atoms with Gasteiger partial charge in [0.2, 0.25) is 0 Å². The predicted octanol–water partition coefficient (Wildman–Crippen LogP) is 3.03. The molecular formula is C20H15N7. The first kappa shape index (κ1) is 15.5. The highest BCUT2D eigenvalue weighted by atomic mass is 15.4. The quantitative estimate of drug-likeness (QED) is 0.496.